The molecule has 1 aromatic heterocycles. The van der Waals surface area contributed by atoms with Crippen LogP contribution in [0.15, 0.2) is 4.52 Å². The molecule has 0 amide bonds. The normalized spacial score (nSPS) is 12.7. The highest BCUT2D eigenvalue weighted by atomic mass is 16.5. The van der Waals surface area contributed by atoms with Gasteiger partial charge >= 0.3 is 5.97 Å². The van der Waals surface area contributed by atoms with Crippen LogP contribution in [0.3, 0.4) is 0 Å². The maximum atomic E-state index is 10.3. The Labute approximate surface area is 80.9 Å². The summed E-state index contributed by atoms with van der Waals surface area (Å²) in [5.74, 6) is -0.122. The molecule has 0 saturated heterocycles. The van der Waals surface area contributed by atoms with Crippen molar-refractivity contribution < 1.29 is 19.2 Å². The van der Waals surface area contributed by atoms with Gasteiger partial charge in [-0.15, -0.1) is 0 Å². The number of aryl methyl sites for hydroxylation is 1. The van der Waals surface area contributed by atoms with Crippen LogP contribution < -0.4 is 0 Å². The minimum absolute atomic E-state index is 0.0109. The molecule has 0 bridgehead atoms. The summed E-state index contributed by atoms with van der Waals surface area (Å²) in [4.78, 5) is 14.2. The Morgan fingerprint density at radius 1 is 1.71 bits per heavy atom. The van der Waals surface area contributed by atoms with Gasteiger partial charge < -0.3 is 14.4 Å². The highest BCUT2D eigenvalue weighted by molar-refractivity contribution is 5.66. The molecule has 14 heavy (non-hydrogen) atoms. The Bertz CT molecular complexity index is 310. The Hall–Kier alpha value is -1.43. The molecular formula is C8H12N2O4. The van der Waals surface area contributed by atoms with E-state index < -0.39 is 5.97 Å². The third-order valence-electron chi connectivity index (χ3n) is 1.75. The smallest absolute Gasteiger partial charge is 0.303 e. The van der Waals surface area contributed by atoms with Gasteiger partial charge in [0.1, 0.15) is 6.10 Å². The lowest BCUT2D eigenvalue weighted by atomic mass is 10.3. The Kier molecular flexibility index (Phi) is 3.58. The topological polar surface area (TPSA) is 85.5 Å². The van der Waals surface area contributed by atoms with Gasteiger partial charge in [0.15, 0.2) is 5.82 Å². The number of aliphatic carboxylic acids is 1. The Morgan fingerprint density at radius 3 is 3.00 bits per heavy atom. The van der Waals surface area contributed by atoms with Gasteiger partial charge in [-0.05, 0) is 6.92 Å². The van der Waals surface area contributed by atoms with E-state index in [0.717, 1.165) is 0 Å². The Balaban J connectivity index is 2.54. The van der Waals surface area contributed by atoms with Crippen molar-refractivity contribution >= 4 is 5.97 Å². The predicted molar refractivity (Wildman–Crippen MR) is 45.7 cm³/mol. The summed E-state index contributed by atoms with van der Waals surface area (Å²) >= 11 is 0. The van der Waals surface area contributed by atoms with Gasteiger partial charge in [-0.2, -0.15) is 4.98 Å². The number of ether oxygens (including phenoxy) is 1. The molecule has 1 N–H and O–H groups in total. The van der Waals surface area contributed by atoms with E-state index in [-0.39, 0.29) is 18.9 Å². The first-order valence-corrected chi connectivity index (χ1v) is 4.20. The molecule has 0 fully saturated rings. The van der Waals surface area contributed by atoms with Gasteiger partial charge in [-0.3, -0.25) is 4.79 Å². The quantitative estimate of drug-likeness (QED) is 0.756. The summed E-state index contributed by atoms with van der Waals surface area (Å²) in [6, 6.07) is 0. The van der Waals surface area contributed by atoms with Gasteiger partial charge in [0.25, 0.3) is 0 Å². The number of nitrogens with zero attached hydrogens (tertiary/aromatic N) is 2. The average Bonchev–Trinajstić information content (AvgIpc) is 2.62. The number of hydrogen-bond donors (Lipinski definition) is 1. The van der Waals surface area contributed by atoms with Gasteiger partial charge in [-0.25, -0.2) is 0 Å². The van der Waals surface area contributed by atoms with Gasteiger partial charge in [0.2, 0.25) is 5.89 Å². The van der Waals surface area contributed by atoms with Crippen molar-refractivity contribution in [2.75, 3.05) is 7.11 Å². The molecule has 6 nitrogen and oxygen atoms in total. The molecule has 0 unspecified atom stereocenters. The standard InChI is InChI=1S/C8H12N2O4/c1-5(13-2)8-9-6(14-10-8)3-4-7(11)12/h5H,3-4H2,1-2H3,(H,11,12)/t5-/m1/s1. The molecule has 1 aromatic rings. The molecule has 0 saturated carbocycles. The molecule has 1 atom stereocenters. The third-order valence-corrected chi connectivity index (χ3v) is 1.75. The predicted octanol–water partition coefficient (Wildman–Crippen LogP) is 0.794. The first-order chi connectivity index (χ1) is 6.63. The number of rotatable bonds is 5. The zero-order chi connectivity index (χ0) is 10.6. The van der Waals surface area contributed by atoms with E-state index >= 15 is 0 Å². The summed E-state index contributed by atoms with van der Waals surface area (Å²) in [7, 11) is 1.54. The van der Waals surface area contributed by atoms with Crippen molar-refractivity contribution in [1.29, 1.82) is 0 Å². The van der Waals surface area contributed by atoms with Crippen LogP contribution in [0.5, 0.6) is 0 Å². The van der Waals surface area contributed by atoms with E-state index in [1.54, 1.807) is 6.92 Å². The van der Waals surface area contributed by atoms with Crippen molar-refractivity contribution in [3.63, 3.8) is 0 Å². The second-order valence-electron chi connectivity index (χ2n) is 2.82. The summed E-state index contributed by atoms with van der Waals surface area (Å²) in [5.41, 5.74) is 0. The number of carboxylic acids is 1. The molecule has 0 spiro atoms. The molecule has 6 heteroatoms. The molecular weight excluding hydrogens is 188 g/mol. The highest BCUT2D eigenvalue weighted by Crippen LogP contribution is 2.11. The Morgan fingerprint density at radius 2 is 2.43 bits per heavy atom. The number of aromatic nitrogens is 2. The SMILES string of the molecule is CO[C@H](C)c1noc(CCC(=O)O)n1. The fourth-order valence-corrected chi connectivity index (χ4v) is 0.854. The first-order valence-electron chi connectivity index (χ1n) is 4.20. The van der Waals surface area contributed by atoms with Crippen molar-refractivity contribution in [2.24, 2.45) is 0 Å². The van der Waals surface area contributed by atoms with Crippen LogP contribution in [0.25, 0.3) is 0 Å². The fourth-order valence-electron chi connectivity index (χ4n) is 0.854. The molecule has 1 rings (SSSR count). The number of methoxy groups -OCH3 is 1. The van der Waals surface area contributed by atoms with Crippen LogP contribution in [0.2, 0.25) is 0 Å². The fraction of sp³-hybridized carbons (Fsp3) is 0.625. The van der Waals surface area contributed by atoms with Crippen LogP contribution in [0, 0.1) is 0 Å². The van der Waals surface area contributed by atoms with Crippen LogP contribution in [0.1, 0.15) is 31.2 Å². The highest BCUT2D eigenvalue weighted by Gasteiger charge is 2.13. The summed E-state index contributed by atoms with van der Waals surface area (Å²) in [6.07, 6.45) is -0.000724. The van der Waals surface area contributed by atoms with Crippen LogP contribution in [0.4, 0.5) is 0 Å². The zero-order valence-corrected chi connectivity index (χ0v) is 8.06. The lowest BCUT2D eigenvalue weighted by Crippen LogP contribution is -2.00. The maximum absolute atomic E-state index is 10.3. The molecule has 0 aromatic carbocycles. The van der Waals surface area contributed by atoms with Crippen LogP contribution in [-0.4, -0.2) is 28.3 Å². The monoisotopic (exact) mass is 200 g/mol. The van der Waals surface area contributed by atoms with Crippen molar-refractivity contribution in [2.45, 2.75) is 25.9 Å². The average molecular weight is 200 g/mol. The summed E-state index contributed by atoms with van der Waals surface area (Å²) in [6.45, 7) is 1.78. The van der Waals surface area contributed by atoms with E-state index in [0.29, 0.717) is 11.7 Å². The van der Waals surface area contributed by atoms with Crippen molar-refractivity contribution in [3.8, 4) is 0 Å². The minimum Gasteiger partial charge on any atom is -0.481 e. The minimum atomic E-state index is -0.885. The van der Waals surface area contributed by atoms with Crippen molar-refractivity contribution in [3.05, 3.63) is 11.7 Å². The molecule has 0 aliphatic rings. The molecule has 1 heterocycles. The van der Waals surface area contributed by atoms with E-state index in [4.69, 9.17) is 14.4 Å². The van der Waals surface area contributed by atoms with E-state index in [1.165, 1.54) is 7.11 Å². The number of hydrogen-bond acceptors (Lipinski definition) is 5. The summed E-state index contributed by atoms with van der Waals surface area (Å²) in [5, 5.41) is 12.1. The second-order valence-corrected chi connectivity index (χ2v) is 2.82. The van der Waals surface area contributed by atoms with E-state index in [1.807, 2.05) is 0 Å². The van der Waals surface area contributed by atoms with Crippen molar-refractivity contribution in [1.82, 2.24) is 10.1 Å². The van der Waals surface area contributed by atoms with E-state index in [2.05, 4.69) is 10.1 Å². The largest absolute Gasteiger partial charge is 0.481 e. The van der Waals surface area contributed by atoms with Gasteiger partial charge in [0, 0.05) is 13.5 Å². The second kappa shape index (κ2) is 4.71. The number of carbonyl (C=O) groups is 1. The maximum Gasteiger partial charge on any atom is 0.303 e. The molecule has 0 radical (unpaired) electrons. The molecule has 0 aliphatic heterocycles. The molecule has 0 aliphatic carbocycles. The van der Waals surface area contributed by atoms with Gasteiger partial charge in [-0.1, -0.05) is 5.16 Å². The third kappa shape index (κ3) is 2.81. The lowest BCUT2D eigenvalue weighted by molar-refractivity contribution is -0.137. The number of carboxylic acid groups (broad SMARTS) is 1. The first kappa shape index (κ1) is 10.6. The summed E-state index contributed by atoms with van der Waals surface area (Å²) < 4.78 is 9.81. The van der Waals surface area contributed by atoms with Crippen LogP contribution in [-0.2, 0) is 16.0 Å². The molecule has 78 valence electrons. The van der Waals surface area contributed by atoms with E-state index in [9.17, 15) is 4.79 Å². The lowest BCUT2D eigenvalue weighted by Gasteiger charge is -2.00. The van der Waals surface area contributed by atoms with Crippen LogP contribution >= 0.6 is 0 Å². The zero-order valence-electron chi connectivity index (χ0n) is 8.06. The van der Waals surface area contributed by atoms with Gasteiger partial charge in [0.05, 0.1) is 6.42 Å².